The maximum absolute atomic E-state index is 10.7. The summed E-state index contributed by atoms with van der Waals surface area (Å²) in [5.41, 5.74) is 0.680. The molecule has 0 spiro atoms. The van der Waals surface area contributed by atoms with Crippen molar-refractivity contribution in [1.82, 2.24) is 0 Å². The van der Waals surface area contributed by atoms with E-state index in [1.807, 2.05) is 0 Å². The minimum absolute atomic E-state index is 0.551. The van der Waals surface area contributed by atoms with Crippen molar-refractivity contribution < 1.29 is 19.0 Å². The highest BCUT2D eigenvalue weighted by molar-refractivity contribution is 6.66. The molecule has 1 aromatic rings. The van der Waals surface area contributed by atoms with Crippen LogP contribution in [0.15, 0.2) is 18.2 Å². The maximum atomic E-state index is 10.7. The lowest BCUT2D eigenvalue weighted by atomic mass is 10.1. The zero-order valence-electron chi connectivity index (χ0n) is 9.82. The second-order valence-electron chi connectivity index (χ2n) is 3.09. The average Bonchev–Trinajstić information content (AvgIpc) is 2.34. The Morgan fingerprint density at radius 3 is 2.06 bits per heavy atom. The topological polar surface area (TPSA) is 44.8 Å². The molecule has 0 radical (unpaired) electrons. The number of methoxy groups -OCH3 is 3. The van der Waals surface area contributed by atoms with Gasteiger partial charge in [0, 0.05) is 11.6 Å². The van der Waals surface area contributed by atoms with Gasteiger partial charge in [0.15, 0.2) is 11.5 Å². The van der Waals surface area contributed by atoms with Crippen LogP contribution >= 0.6 is 11.6 Å². The van der Waals surface area contributed by atoms with Gasteiger partial charge in [-0.25, -0.2) is 0 Å². The summed E-state index contributed by atoms with van der Waals surface area (Å²) >= 11 is 5.23. The molecule has 0 amide bonds. The predicted octanol–water partition coefficient (Wildman–Crippen LogP) is 2.49. The van der Waals surface area contributed by atoms with E-state index in [1.54, 1.807) is 18.2 Å². The van der Waals surface area contributed by atoms with Crippen LogP contribution in [0.2, 0.25) is 0 Å². The molecule has 5 heteroatoms. The van der Waals surface area contributed by atoms with E-state index in [0.29, 0.717) is 22.8 Å². The van der Waals surface area contributed by atoms with Gasteiger partial charge in [0.25, 0.3) is 0 Å². The fourth-order valence-electron chi connectivity index (χ4n) is 1.34. The number of allylic oxidation sites excluding steroid dienone is 1. The van der Waals surface area contributed by atoms with E-state index < -0.39 is 5.24 Å². The van der Waals surface area contributed by atoms with E-state index in [4.69, 9.17) is 25.8 Å². The van der Waals surface area contributed by atoms with Gasteiger partial charge in [-0.05, 0) is 29.8 Å². The molecule has 0 saturated carbocycles. The van der Waals surface area contributed by atoms with Crippen molar-refractivity contribution in [3.8, 4) is 17.2 Å². The second kappa shape index (κ2) is 6.15. The van der Waals surface area contributed by atoms with E-state index in [0.717, 1.165) is 0 Å². The summed E-state index contributed by atoms with van der Waals surface area (Å²) in [5, 5.41) is -0.554. The Kier molecular flexibility index (Phi) is 4.84. The standard InChI is InChI=1S/C12H13ClO4/c1-15-9-7-11(17-3)10(16-2)6-8(9)4-5-12(13)14/h4-7H,1-3H3. The molecular formula is C12H13ClO4. The molecule has 0 unspecified atom stereocenters. The van der Waals surface area contributed by atoms with Gasteiger partial charge >= 0.3 is 0 Å². The van der Waals surface area contributed by atoms with Crippen LogP contribution in [0.5, 0.6) is 17.2 Å². The van der Waals surface area contributed by atoms with Gasteiger partial charge in [0.1, 0.15) is 5.75 Å². The van der Waals surface area contributed by atoms with E-state index >= 15 is 0 Å². The SMILES string of the molecule is COc1cc(OC)c(OC)cc1C=CC(=O)Cl. The highest BCUT2D eigenvalue weighted by Crippen LogP contribution is 2.35. The lowest BCUT2D eigenvalue weighted by molar-refractivity contribution is -0.107. The van der Waals surface area contributed by atoms with Crippen LogP contribution in [0.4, 0.5) is 0 Å². The molecular weight excluding hydrogens is 244 g/mol. The summed E-state index contributed by atoms with van der Waals surface area (Å²) in [4.78, 5) is 10.7. The monoisotopic (exact) mass is 256 g/mol. The van der Waals surface area contributed by atoms with Gasteiger partial charge in [-0.15, -0.1) is 0 Å². The van der Waals surface area contributed by atoms with E-state index in [1.165, 1.54) is 27.4 Å². The molecule has 0 N–H and O–H groups in total. The van der Waals surface area contributed by atoms with Crippen LogP contribution < -0.4 is 14.2 Å². The molecule has 92 valence electrons. The maximum Gasteiger partial charge on any atom is 0.245 e. The van der Waals surface area contributed by atoms with Crippen molar-refractivity contribution in [1.29, 1.82) is 0 Å². The third-order valence-corrected chi connectivity index (χ3v) is 2.26. The number of halogens is 1. The third kappa shape index (κ3) is 3.39. The number of carbonyl (C=O) groups is 1. The van der Waals surface area contributed by atoms with E-state index in [-0.39, 0.29) is 0 Å². The smallest absolute Gasteiger partial charge is 0.245 e. The van der Waals surface area contributed by atoms with Crippen molar-refractivity contribution in [2.75, 3.05) is 21.3 Å². The van der Waals surface area contributed by atoms with Crippen LogP contribution in [0, 0.1) is 0 Å². The molecule has 0 bridgehead atoms. The molecule has 17 heavy (non-hydrogen) atoms. The highest BCUT2D eigenvalue weighted by Gasteiger charge is 2.09. The Morgan fingerprint density at radius 2 is 1.59 bits per heavy atom. The molecule has 0 heterocycles. The van der Waals surface area contributed by atoms with Crippen molar-refractivity contribution >= 4 is 22.9 Å². The summed E-state index contributed by atoms with van der Waals surface area (Å²) < 4.78 is 15.5. The summed E-state index contributed by atoms with van der Waals surface area (Å²) in [6, 6.07) is 3.38. The fraction of sp³-hybridized carbons (Fsp3) is 0.250. The zero-order valence-corrected chi connectivity index (χ0v) is 10.6. The first-order valence-corrected chi connectivity index (χ1v) is 5.17. The van der Waals surface area contributed by atoms with Crippen LogP contribution in [0.25, 0.3) is 6.08 Å². The first kappa shape index (κ1) is 13.4. The zero-order chi connectivity index (χ0) is 12.8. The Morgan fingerprint density at radius 1 is 1.06 bits per heavy atom. The first-order chi connectivity index (χ1) is 8.12. The fourth-order valence-corrected chi connectivity index (χ4v) is 1.40. The number of hydrogen-bond acceptors (Lipinski definition) is 4. The molecule has 4 nitrogen and oxygen atoms in total. The first-order valence-electron chi connectivity index (χ1n) is 4.80. The molecule has 0 saturated heterocycles. The summed E-state index contributed by atoms with van der Waals surface area (Å²) in [5.74, 6) is 1.67. The van der Waals surface area contributed by atoms with Crippen LogP contribution in [-0.2, 0) is 4.79 Å². The summed E-state index contributed by atoms with van der Waals surface area (Å²) in [6.07, 6.45) is 2.79. The average molecular weight is 257 g/mol. The number of rotatable bonds is 5. The molecule has 0 fully saturated rings. The van der Waals surface area contributed by atoms with Crippen LogP contribution in [-0.4, -0.2) is 26.6 Å². The van der Waals surface area contributed by atoms with E-state index in [9.17, 15) is 4.79 Å². The van der Waals surface area contributed by atoms with Crippen molar-refractivity contribution in [3.63, 3.8) is 0 Å². The van der Waals surface area contributed by atoms with Crippen LogP contribution in [0.3, 0.4) is 0 Å². The Balaban J connectivity index is 3.23. The molecule has 0 aliphatic carbocycles. The molecule has 0 aliphatic rings. The molecule has 1 rings (SSSR count). The van der Waals surface area contributed by atoms with Crippen molar-refractivity contribution in [2.24, 2.45) is 0 Å². The molecule has 0 aromatic heterocycles. The van der Waals surface area contributed by atoms with E-state index in [2.05, 4.69) is 0 Å². The predicted molar refractivity (Wildman–Crippen MR) is 66.0 cm³/mol. The number of hydrogen-bond donors (Lipinski definition) is 0. The number of ether oxygens (including phenoxy) is 3. The minimum atomic E-state index is -0.554. The number of carbonyl (C=O) groups excluding carboxylic acids is 1. The van der Waals surface area contributed by atoms with Gasteiger partial charge in [0.05, 0.1) is 21.3 Å². The van der Waals surface area contributed by atoms with Gasteiger partial charge in [-0.2, -0.15) is 0 Å². The normalized spacial score (nSPS) is 10.4. The Bertz CT molecular complexity index is 440. The van der Waals surface area contributed by atoms with Crippen LogP contribution in [0.1, 0.15) is 5.56 Å². The van der Waals surface area contributed by atoms with Gasteiger partial charge in [0.2, 0.25) is 5.24 Å². The molecule has 1 aromatic carbocycles. The largest absolute Gasteiger partial charge is 0.496 e. The van der Waals surface area contributed by atoms with Crippen molar-refractivity contribution in [3.05, 3.63) is 23.8 Å². The Labute approximate surface area is 105 Å². The quantitative estimate of drug-likeness (QED) is 0.600. The minimum Gasteiger partial charge on any atom is -0.496 e. The second-order valence-corrected chi connectivity index (χ2v) is 3.46. The van der Waals surface area contributed by atoms with Gasteiger partial charge in [-0.1, -0.05) is 0 Å². The lowest BCUT2D eigenvalue weighted by Crippen LogP contribution is -1.94. The Hall–Kier alpha value is -1.68. The molecule has 0 aliphatic heterocycles. The molecule has 0 atom stereocenters. The lowest BCUT2D eigenvalue weighted by Gasteiger charge is -2.11. The summed E-state index contributed by atoms with van der Waals surface area (Å²) in [6.45, 7) is 0. The van der Waals surface area contributed by atoms with Gasteiger partial charge in [-0.3, -0.25) is 4.79 Å². The highest BCUT2D eigenvalue weighted by atomic mass is 35.5. The van der Waals surface area contributed by atoms with Crippen molar-refractivity contribution in [2.45, 2.75) is 0 Å². The number of benzene rings is 1. The van der Waals surface area contributed by atoms with Gasteiger partial charge < -0.3 is 14.2 Å². The summed E-state index contributed by atoms with van der Waals surface area (Å²) in [7, 11) is 4.60. The third-order valence-electron chi connectivity index (χ3n) is 2.13.